The molecule has 0 aliphatic heterocycles. The van der Waals surface area contributed by atoms with Crippen LogP contribution in [0.5, 0.6) is 0 Å². The number of rotatable bonds is 4. The van der Waals surface area contributed by atoms with Gasteiger partial charge in [-0.25, -0.2) is 0 Å². The van der Waals surface area contributed by atoms with Crippen molar-refractivity contribution in [1.82, 2.24) is 0 Å². The topological polar surface area (TPSA) is 17.1 Å². The van der Waals surface area contributed by atoms with Crippen molar-refractivity contribution in [2.75, 3.05) is 0 Å². The van der Waals surface area contributed by atoms with Gasteiger partial charge in [0.2, 0.25) is 0 Å². The Balaban J connectivity index is 2.73. The largest absolute Gasteiger partial charge is 0.295 e. The molecule has 0 heterocycles. The van der Waals surface area contributed by atoms with Crippen LogP contribution in [0.25, 0.3) is 0 Å². The van der Waals surface area contributed by atoms with Crippen molar-refractivity contribution in [1.29, 1.82) is 0 Å². The molecule has 0 N–H and O–H groups in total. The molecule has 0 aromatic carbocycles. The van der Waals surface area contributed by atoms with Gasteiger partial charge in [-0.3, -0.25) is 4.79 Å². The number of Topliss-reactive ketones (excluding diaryl/α,β-unsaturated/α-hetero) is 1. The number of allylic oxidation sites excluding steroid dienone is 2. The van der Waals surface area contributed by atoms with Crippen LogP contribution in [0.4, 0.5) is 0 Å². The van der Waals surface area contributed by atoms with Crippen molar-refractivity contribution in [3.63, 3.8) is 0 Å². The second-order valence-corrected chi connectivity index (χ2v) is 4.01. The predicted octanol–water partition coefficient (Wildman–Crippen LogP) is 3.49. The van der Waals surface area contributed by atoms with Gasteiger partial charge in [0.15, 0.2) is 5.78 Å². The van der Waals surface area contributed by atoms with Gasteiger partial charge in [-0.1, -0.05) is 32.3 Å². The number of ketones is 1. The highest BCUT2D eigenvalue weighted by Gasteiger charge is 2.27. The summed E-state index contributed by atoms with van der Waals surface area (Å²) in [5.41, 5.74) is 2.52. The van der Waals surface area contributed by atoms with E-state index in [-0.39, 0.29) is 0 Å². The third-order valence-corrected chi connectivity index (χ3v) is 2.98. The molecule has 1 rings (SSSR count). The predicted molar refractivity (Wildman–Crippen MR) is 55.6 cm³/mol. The van der Waals surface area contributed by atoms with E-state index in [1.165, 1.54) is 24.8 Å². The van der Waals surface area contributed by atoms with Crippen molar-refractivity contribution >= 4 is 5.78 Å². The molecule has 0 aromatic rings. The lowest BCUT2D eigenvalue weighted by atomic mass is 9.93. The van der Waals surface area contributed by atoms with Crippen LogP contribution in [0.2, 0.25) is 0 Å². The normalized spacial score (nSPS) is 23.0. The minimum absolute atomic E-state index is 0.391. The highest BCUT2D eigenvalue weighted by Crippen LogP contribution is 2.35. The van der Waals surface area contributed by atoms with Crippen LogP contribution in [0.1, 0.15) is 52.9 Å². The Hall–Kier alpha value is -0.590. The smallest absolute Gasteiger partial charge is 0.159 e. The van der Waals surface area contributed by atoms with E-state index in [2.05, 4.69) is 13.8 Å². The molecule has 0 saturated heterocycles. The van der Waals surface area contributed by atoms with Crippen molar-refractivity contribution in [3.8, 4) is 0 Å². The minimum Gasteiger partial charge on any atom is -0.295 e. The van der Waals surface area contributed by atoms with Gasteiger partial charge in [-0.2, -0.15) is 0 Å². The van der Waals surface area contributed by atoms with E-state index in [9.17, 15) is 4.79 Å². The molecular formula is C12H20O. The van der Waals surface area contributed by atoms with Crippen LogP contribution in [0.15, 0.2) is 11.1 Å². The number of carbonyl (C=O) groups excluding carboxylic acids is 1. The second kappa shape index (κ2) is 4.59. The summed E-state index contributed by atoms with van der Waals surface area (Å²) in [6.07, 6.45) is 5.47. The fraction of sp³-hybridized carbons (Fsp3) is 0.750. The molecule has 0 saturated carbocycles. The summed E-state index contributed by atoms with van der Waals surface area (Å²) in [4.78, 5) is 11.5. The maximum absolute atomic E-state index is 11.5. The van der Waals surface area contributed by atoms with Crippen molar-refractivity contribution < 1.29 is 4.79 Å². The Bertz CT molecular complexity index is 225. The van der Waals surface area contributed by atoms with Crippen molar-refractivity contribution in [2.24, 2.45) is 5.92 Å². The summed E-state index contributed by atoms with van der Waals surface area (Å²) < 4.78 is 0. The molecule has 1 nitrogen and oxygen atoms in total. The van der Waals surface area contributed by atoms with E-state index in [0.717, 1.165) is 18.4 Å². The van der Waals surface area contributed by atoms with E-state index in [1.807, 2.05) is 6.92 Å². The molecule has 1 aliphatic carbocycles. The van der Waals surface area contributed by atoms with Crippen LogP contribution >= 0.6 is 0 Å². The van der Waals surface area contributed by atoms with Gasteiger partial charge in [-0.15, -0.1) is 0 Å². The maximum Gasteiger partial charge on any atom is 0.159 e. The summed E-state index contributed by atoms with van der Waals surface area (Å²) in [7, 11) is 0. The number of hydrogen-bond donors (Lipinski definition) is 0. The van der Waals surface area contributed by atoms with Crippen molar-refractivity contribution in [3.05, 3.63) is 11.1 Å². The molecule has 0 spiro atoms. The first-order chi connectivity index (χ1) is 6.20. The zero-order valence-corrected chi connectivity index (χ0v) is 9.02. The third-order valence-electron chi connectivity index (χ3n) is 2.98. The summed E-state index contributed by atoms with van der Waals surface area (Å²) >= 11 is 0. The molecule has 0 aromatic heterocycles. The zero-order chi connectivity index (χ0) is 9.84. The zero-order valence-electron chi connectivity index (χ0n) is 9.02. The lowest BCUT2D eigenvalue weighted by Crippen LogP contribution is -2.00. The van der Waals surface area contributed by atoms with E-state index < -0.39 is 0 Å². The average Bonchev–Trinajstić information content (AvgIpc) is 2.34. The molecule has 0 bridgehead atoms. The highest BCUT2D eigenvalue weighted by atomic mass is 16.1. The first-order valence-corrected chi connectivity index (χ1v) is 5.43. The van der Waals surface area contributed by atoms with Crippen LogP contribution in [-0.2, 0) is 4.79 Å². The minimum atomic E-state index is 0.391. The molecule has 13 heavy (non-hydrogen) atoms. The SMILES string of the molecule is CCCC1=C(C)C(=O)C[C@@H]1CCC. The lowest BCUT2D eigenvalue weighted by Gasteiger charge is -2.12. The summed E-state index contributed by atoms with van der Waals surface area (Å²) in [5, 5.41) is 0. The monoisotopic (exact) mass is 180 g/mol. The third kappa shape index (κ3) is 2.20. The molecule has 0 unspecified atom stereocenters. The lowest BCUT2D eigenvalue weighted by molar-refractivity contribution is -0.115. The molecule has 1 atom stereocenters. The Labute approximate surface area is 81.2 Å². The number of carbonyl (C=O) groups is 1. The molecule has 0 radical (unpaired) electrons. The Kier molecular flexibility index (Phi) is 3.71. The summed E-state index contributed by atoms with van der Waals surface area (Å²) in [6, 6.07) is 0. The van der Waals surface area contributed by atoms with Gasteiger partial charge in [0, 0.05) is 6.42 Å². The number of hydrogen-bond acceptors (Lipinski definition) is 1. The van der Waals surface area contributed by atoms with E-state index in [1.54, 1.807) is 0 Å². The quantitative estimate of drug-likeness (QED) is 0.647. The van der Waals surface area contributed by atoms with Gasteiger partial charge in [0.05, 0.1) is 0 Å². The summed E-state index contributed by atoms with van der Waals surface area (Å²) in [5.74, 6) is 0.972. The standard InChI is InChI=1S/C12H20O/c1-4-6-10-8-12(13)9(3)11(10)7-5-2/h10H,4-8H2,1-3H3/t10-/m0/s1. The van der Waals surface area contributed by atoms with Crippen LogP contribution in [-0.4, -0.2) is 5.78 Å². The Morgan fingerprint density at radius 2 is 2.00 bits per heavy atom. The van der Waals surface area contributed by atoms with Crippen LogP contribution < -0.4 is 0 Å². The van der Waals surface area contributed by atoms with Crippen LogP contribution in [0.3, 0.4) is 0 Å². The van der Waals surface area contributed by atoms with Crippen LogP contribution in [0, 0.1) is 5.92 Å². The fourth-order valence-corrected chi connectivity index (χ4v) is 2.27. The highest BCUT2D eigenvalue weighted by molar-refractivity contribution is 5.98. The first-order valence-electron chi connectivity index (χ1n) is 5.43. The van der Waals surface area contributed by atoms with E-state index in [4.69, 9.17) is 0 Å². The van der Waals surface area contributed by atoms with Gasteiger partial charge in [0.25, 0.3) is 0 Å². The second-order valence-electron chi connectivity index (χ2n) is 4.01. The van der Waals surface area contributed by atoms with E-state index >= 15 is 0 Å². The average molecular weight is 180 g/mol. The van der Waals surface area contributed by atoms with Gasteiger partial charge >= 0.3 is 0 Å². The van der Waals surface area contributed by atoms with Gasteiger partial charge in [-0.05, 0) is 31.3 Å². The first kappa shape index (κ1) is 10.5. The van der Waals surface area contributed by atoms with Crippen molar-refractivity contribution in [2.45, 2.75) is 52.9 Å². The molecular weight excluding hydrogens is 160 g/mol. The molecule has 1 heteroatoms. The van der Waals surface area contributed by atoms with Gasteiger partial charge < -0.3 is 0 Å². The molecule has 0 amide bonds. The molecule has 74 valence electrons. The molecule has 1 aliphatic rings. The van der Waals surface area contributed by atoms with E-state index in [0.29, 0.717) is 11.7 Å². The molecule has 0 fully saturated rings. The summed E-state index contributed by atoms with van der Waals surface area (Å²) in [6.45, 7) is 6.39. The maximum atomic E-state index is 11.5. The Morgan fingerprint density at radius 1 is 1.31 bits per heavy atom. The Morgan fingerprint density at radius 3 is 2.54 bits per heavy atom. The van der Waals surface area contributed by atoms with Gasteiger partial charge in [0.1, 0.15) is 0 Å². The fourth-order valence-electron chi connectivity index (χ4n) is 2.27.